The molecule has 3 rings (SSSR count). The summed E-state index contributed by atoms with van der Waals surface area (Å²) in [5, 5.41) is -0.875. The molecule has 0 saturated heterocycles. The molecule has 9 heteroatoms. The Morgan fingerprint density at radius 2 is 1.90 bits per heavy atom. The van der Waals surface area contributed by atoms with Gasteiger partial charge in [0.1, 0.15) is 5.75 Å². The Balaban J connectivity index is 2.10. The largest absolute Gasteiger partial charge is 0.513 e. The maximum Gasteiger partial charge on any atom is 0.513 e. The Kier molecular flexibility index (Phi) is 6.03. The molecule has 1 aromatic carbocycles. The predicted octanol–water partition coefficient (Wildman–Crippen LogP) is 6.19. The molecule has 0 N–H and O–H groups in total. The van der Waals surface area contributed by atoms with E-state index in [1.807, 2.05) is 20.8 Å². The summed E-state index contributed by atoms with van der Waals surface area (Å²) < 4.78 is 49.5. The molecule has 5 nitrogen and oxygen atoms in total. The Morgan fingerprint density at radius 1 is 1.20 bits per heavy atom. The van der Waals surface area contributed by atoms with Gasteiger partial charge < -0.3 is 9.47 Å². The number of rotatable bonds is 4. The highest BCUT2D eigenvalue weighted by Crippen LogP contribution is 2.37. The number of halogens is 3. The number of pyridine rings is 1. The van der Waals surface area contributed by atoms with Crippen LogP contribution < -0.4 is 4.74 Å². The lowest BCUT2D eigenvalue weighted by molar-refractivity contribution is -0.137. The average Bonchev–Trinajstić information content (AvgIpc) is 3.10. The predicted molar refractivity (Wildman–Crippen MR) is 108 cm³/mol. The van der Waals surface area contributed by atoms with Gasteiger partial charge in [0.25, 0.3) is 0 Å². The number of benzene rings is 1. The van der Waals surface area contributed by atoms with Gasteiger partial charge >= 0.3 is 12.3 Å². The number of carbonyl (C=O) groups is 1. The average molecular weight is 438 g/mol. The van der Waals surface area contributed by atoms with Crippen molar-refractivity contribution < 1.29 is 27.4 Å². The van der Waals surface area contributed by atoms with Crippen LogP contribution in [0.1, 0.15) is 52.9 Å². The molecule has 0 fully saturated rings. The third-order valence-electron chi connectivity index (χ3n) is 4.73. The third kappa shape index (κ3) is 4.40. The van der Waals surface area contributed by atoms with E-state index in [2.05, 4.69) is 14.7 Å². The number of hydrogen-bond donors (Lipinski definition) is 0. The zero-order valence-corrected chi connectivity index (χ0v) is 18.0. The van der Waals surface area contributed by atoms with E-state index in [0.29, 0.717) is 39.3 Å². The molecule has 0 saturated carbocycles. The van der Waals surface area contributed by atoms with Crippen molar-refractivity contribution in [3.05, 3.63) is 51.3 Å². The van der Waals surface area contributed by atoms with Crippen molar-refractivity contribution in [3.63, 3.8) is 0 Å². The summed E-state index contributed by atoms with van der Waals surface area (Å²) in [6.07, 6.45) is -5.00. The van der Waals surface area contributed by atoms with E-state index in [1.54, 1.807) is 25.1 Å². The zero-order chi connectivity index (χ0) is 22.2. The molecule has 0 radical (unpaired) electrons. The standard InChI is InChI=1S/C21H21F3N2O3S/c1-10(2)17-14(18(29-20(27)28-5)11(3)12(4)25-17)8-13-6-7-16-15(9-13)26-19(30-16)21(22,23)24/h6-7,9-10H,8H2,1-5H3. The summed E-state index contributed by atoms with van der Waals surface area (Å²) in [6, 6.07) is 5.01. The first-order valence-corrected chi connectivity index (χ1v) is 10.0. The van der Waals surface area contributed by atoms with E-state index in [1.165, 1.54) is 7.11 Å². The minimum Gasteiger partial charge on any atom is -0.437 e. The maximum atomic E-state index is 13.0. The van der Waals surface area contributed by atoms with Crippen LogP contribution in [-0.4, -0.2) is 23.2 Å². The molecule has 2 heterocycles. The lowest BCUT2D eigenvalue weighted by Gasteiger charge is -2.19. The van der Waals surface area contributed by atoms with Crippen LogP contribution in [0.5, 0.6) is 5.75 Å². The SMILES string of the molecule is COC(=O)Oc1c(C)c(C)nc(C(C)C)c1Cc1ccc2sc(C(F)(F)F)nc2c1. The van der Waals surface area contributed by atoms with E-state index in [-0.39, 0.29) is 11.4 Å². The second-order valence-corrected chi connectivity index (χ2v) is 8.25. The summed E-state index contributed by atoms with van der Waals surface area (Å²) in [4.78, 5) is 20.2. The molecular weight excluding hydrogens is 417 g/mol. The highest BCUT2D eigenvalue weighted by Gasteiger charge is 2.35. The van der Waals surface area contributed by atoms with Gasteiger partial charge in [0.05, 0.1) is 23.0 Å². The van der Waals surface area contributed by atoms with Gasteiger partial charge in [0.2, 0.25) is 0 Å². The lowest BCUT2D eigenvalue weighted by atomic mass is 9.94. The molecule has 3 aromatic rings. The van der Waals surface area contributed by atoms with Crippen LogP contribution in [-0.2, 0) is 17.3 Å². The molecule has 160 valence electrons. The topological polar surface area (TPSA) is 61.3 Å². The van der Waals surface area contributed by atoms with Crippen molar-refractivity contribution in [2.45, 2.75) is 46.2 Å². The molecule has 0 aliphatic carbocycles. The zero-order valence-electron chi connectivity index (χ0n) is 17.2. The van der Waals surface area contributed by atoms with Gasteiger partial charge in [-0.15, -0.1) is 11.3 Å². The van der Waals surface area contributed by atoms with Crippen molar-refractivity contribution in [2.75, 3.05) is 7.11 Å². The lowest BCUT2D eigenvalue weighted by Crippen LogP contribution is -2.14. The number of methoxy groups -OCH3 is 1. The first-order chi connectivity index (χ1) is 14.0. The maximum absolute atomic E-state index is 13.0. The van der Waals surface area contributed by atoms with Gasteiger partial charge in [0, 0.05) is 23.2 Å². The smallest absolute Gasteiger partial charge is 0.437 e. The molecule has 0 aliphatic heterocycles. The van der Waals surface area contributed by atoms with Gasteiger partial charge in [-0.05, 0) is 37.5 Å². The molecule has 0 atom stereocenters. The van der Waals surface area contributed by atoms with Gasteiger partial charge in [-0.3, -0.25) is 4.98 Å². The first-order valence-electron chi connectivity index (χ1n) is 9.23. The van der Waals surface area contributed by atoms with Crippen LogP contribution in [0.4, 0.5) is 18.0 Å². The fourth-order valence-corrected chi connectivity index (χ4v) is 3.97. The van der Waals surface area contributed by atoms with E-state index >= 15 is 0 Å². The van der Waals surface area contributed by atoms with E-state index in [4.69, 9.17) is 4.74 Å². The van der Waals surface area contributed by atoms with Crippen molar-refractivity contribution in [1.82, 2.24) is 9.97 Å². The summed E-state index contributed by atoms with van der Waals surface area (Å²) in [6.45, 7) is 7.58. The molecule has 30 heavy (non-hydrogen) atoms. The number of thiazole rings is 1. The number of ether oxygens (including phenoxy) is 2. The Hall–Kier alpha value is -2.68. The fraction of sp³-hybridized carbons (Fsp3) is 0.381. The number of fused-ring (bicyclic) bond motifs is 1. The molecular formula is C21H21F3N2O3S. The summed E-state index contributed by atoms with van der Waals surface area (Å²) in [5.74, 6) is 0.409. The summed E-state index contributed by atoms with van der Waals surface area (Å²) >= 11 is 0.612. The number of aryl methyl sites for hydroxylation is 1. The van der Waals surface area contributed by atoms with Gasteiger partial charge in [-0.1, -0.05) is 19.9 Å². The molecule has 0 aliphatic rings. The van der Waals surface area contributed by atoms with Crippen molar-refractivity contribution in [3.8, 4) is 5.75 Å². The molecule has 0 spiro atoms. The monoisotopic (exact) mass is 438 g/mol. The summed E-state index contributed by atoms with van der Waals surface area (Å²) in [5.41, 5.74) is 3.90. The van der Waals surface area contributed by atoms with Crippen molar-refractivity contribution >= 4 is 27.7 Å². The Labute approximate surface area is 175 Å². The van der Waals surface area contributed by atoms with Crippen molar-refractivity contribution in [1.29, 1.82) is 0 Å². The first kappa shape index (κ1) is 22.0. The van der Waals surface area contributed by atoms with E-state index < -0.39 is 17.3 Å². The highest BCUT2D eigenvalue weighted by atomic mass is 32.1. The van der Waals surface area contributed by atoms with Gasteiger partial charge in [-0.2, -0.15) is 13.2 Å². The fourth-order valence-electron chi connectivity index (χ4n) is 3.16. The second kappa shape index (κ2) is 8.22. The second-order valence-electron chi connectivity index (χ2n) is 7.22. The number of aromatic nitrogens is 2. The van der Waals surface area contributed by atoms with Gasteiger partial charge in [0.15, 0.2) is 5.01 Å². The van der Waals surface area contributed by atoms with Crippen LogP contribution in [0.15, 0.2) is 18.2 Å². The Morgan fingerprint density at radius 3 is 2.50 bits per heavy atom. The number of hydrogen-bond acceptors (Lipinski definition) is 6. The summed E-state index contributed by atoms with van der Waals surface area (Å²) in [7, 11) is 1.23. The molecule has 0 unspecified atom stereocenters. The molecule has 0 bridgehead atoms. The normalized spacial score (nSPS) is 11.9. The molecule has 0 amide bonds. The van der Waals surface area contributed by atoms with Crippen LogP contribution in [0.3, 0.4) is 0 Å². The van der Waals surface area contributed by atoms with Crippen LogP contribution in [0, 0.1) is 13.8 Å². The number of carbonyl (C=O) groups excluding carboxylic acids is 1. The molecule has 2 aromatic heterocycles. The van der Waals surface area contributed by atoms with Crippen molar-refractivity contribution in [2.24, 2.45) is 0 Å². The Bertz CT molecular complexity index is 1110. The highest BCUT2D eigenvalue weighted by molar-refractivity contribution is 7.18. The van der Waals surface area contributed by atoms with E-state index in [9.17, 15) is 18.0 Å². The quantitative estimate of drug-likeness (QED) is 0.455. The minimum atomic E-state index is -4.48. The third-order valence-corrected chi connectivity index (χ3v) is 5.81. The minimum absolute atomic E-state index is 0.0409. The van der Waals surface area contributed by atoms with Crippen LogP contribution in [0.25, 0.3) is 10.2 Å². The van der Waals surface area contributed by atoms with Gasteiger partial charge in [-0.25, -0.2) is 9.78 Å². The van der Waals surface area contributed by atoms with Crippen LogP contribution >= 0.6 is 11.3 Å². The van der Waals surface area contributed by atoms with E-state index in [0.717, 1.165) is 17.0 Å². The van der Waals surface area contributed by atoms with Crippen LogP contribution in [0.2, 0.25) is 0 Å². The number of nitrogens with zero attached hydrogens (tertiary/aromatic N) is 2. The number of alkyl halides is 3.